The Bertz CT molecular complexity index is 111. The van der Waals surface area contributed by atoms with Crippen LogP contribution in [0.4, 0.5) is 0 Å². The zero-order chi connectivity index (χ0) is 8.27. The molecule has 66 valence electrons. The van der Waals surface area contributed by atoms with Crippen LogP contribution < -0.4 is 0 Å². The van der Waals surface area contributed by atoms with Crippen LogP contribution in [0.3, 0.4) is 0 Å². The zero-order valence-electron chi connectivity index (χ0n) is 7.22. The number of alkyl halides is 1. The maximum atomic E-state index is 5.68. The molecular formula is C8H16ClNS. The van der Waals surface area contributed by atoms with Crippen molar-refractivity contribution < 1.29 is 0 Å². The van der Waals surface area contributed by atoms with Gasteiger partial charge >= 0.3 is 0 Å². The quantitative estimate of drug-likeness (QED) is 0.618. The van der Waals surface area contributed by atoms with Crippen molar-refractivity contribution in [2.75, 3.05) is 25.5 Å². The van der Waals surface area contributed by atoms with Gasteiger partial charge in [-0.05, 0) is 0 Å². The van der Waals surface area contributed by atoms with Crippen molar-refractivity contribution in [1.29, 1.82) is 0 Å². The van der Waals surface area contributed by atoms with Crippen molar-refractivity contribution in [3.63, 3.8) is 0 Å². The Balaban J connectivity index is 2.30. The van der Waals surface area contributed by atoms with E-state index in [0.717, 1.165) is 22.9 Å². The molecule has 0 aromatic carbocycles. The van der Waals surface area contributed by atoms with Gasteiger partial charge in [-0.15, -0.1) is 11.6 Å². The Morgan fingerprint density at radius 3 is 2.36 bits per heavy atom. The summed E-state index contributed by atoms with van der Waals surface area (Å²) in [5, 5.41) is 1.56. The summed E-state index contributed by atoms with van der Waals surface area (Å²) >= 11 is 7.77. The third-order valence-corrected chi connectivity index (χ3v) is 3.29. The predicted octanol–water partition coefficient (Wildman–Crippen LogP) is 2.05. The van der Waals surface area contributed by atoms with E-state index in [1.807, 2.05) is 0 Å². The third kappa shape index (κ3) is 3.22. The molecule has 0 aromatic rings. The van der Waals surface area contributed by atoms with E-state index < -0.39 is 0 Å². The highest BCUT2D eigenvalue weighted by atomic mass is 35.5. The highest BCUT2D eigenvalue weighted by Gasteiger charge is 2.21. The van der Waals surface area contributed by atoms with Gasteiger partial charge in [-0.3, -0.25) is 4.90 Å². The van der Waals surface area contributed by atoms with Crippen LogP contribution in [0.15, 0.2) is 0 Å². The second-order valence-corrected chi connectivity index (χ2v) is 5.47. The highest BCUT2D eigenvalue weighted by molar-refractivity contribution is 8.00. The van der Waals surface area contributed by atoms with E-state index in [-0.39, 0.29) is 0 Å². The van der Waals surface area contributed by atoms with Crippen LogP contribution in [0.25, 0.3) is 0 Å². The average Bonchev–Trinajstić information content (AvgIpc) is 1.85. The maximum Gasteiger partial charge on any atom is 0.0351 e. The van der Waals surface area contributed by atoms with Crippen molar-refractivity contribution in [2.45, 2.75) is 24.3 Å². The molecule has 3 heteroatoms. The summed E-state index contributed by atoms with van der Waals surface area (Å²) in [5.74, 6) is 0.768. The van der Waals surface area contributed by atoms with Gasteiger partial charge in [0.15, 0.2) is 0 Å². The molecule has 11 heavy (non-hydrogen) atoms. The van der Waals surface area contributed by atoms with Gasteiger partial charge in [-0.2, -0.15) is 11.8 Å². The number of nitrogens with zero attached hydrogens (tertiary/aromatic N) is 1. The van der Waals surface area contributed by atoms with Crippen molar-refractivity contribution >= 4 is 23.4 Å². The molecule has 1 fully saturated rings. The lowest BCUT2D eigenvalue weighted by Gasteiger charge is -2.33. The number of thioether (sulfide) groups is 1. The maximum absolute atomic E-state index is 5.68. The van der Waals surface area contributed by atoms with Crippen LogP contribution >= 0.6 is 23.4 Å². The SMILES string of the molecule is CC1CN(CCCl)CC(C)S1. The van der Waals surface area contributed by atoms with E-state index >= 15 is 0 Å². The summed E-state index contributed by atoms with van der Waals surface area (Å²) in [7, 11) is 0. The van der Waals surface area contributed by atoms with Crippen LogP contribution in [0.2, 0.25) is 0 Å². The monoisotopic (exact) mass is 193 g/mol. The first kappa shape index (κ1) is 9.69. The van der Waals surface area contributed by atoms with Gasteiger partial charge < -0.3 is 0 Å². The fourth-order valence-corrected chi connectivity index (χ4v) is 3.21. The summed E-state index contributed by atoms with van der Waals surface area (Å²) in [6.07, 6.45) is 0. The van der Waals surface area contributed by atoms with Gasteiger partial charge in [0.25, 0.3) is 0 Å². The van der Waals surface area contributed by atoms with Gasteiger partial charge in [0.05, 0.1) is 0 Å². The predicted molar refractivity (Wildman–Crippen MR) is 53.7 cm³/mol. The molecule has 1 saturated heterocycles. The minimum absolute atomic E-state index is 0.768. The topological polar surface area (TPSA) is 3.24 Å². The van der Waals surface area contributed by atoms with Crippen molar-refractivity contribution in [2.24, 2.45) is 0 Å². The molecule has 0 aliphatic carbocycles. The number of hydrogen-bond acceptors (Lipinski definition) is 2. The molecule has 2 atom stereocenters. The molecule has 0 bridgehead atoms. The molecule has 0 N–H and O–H groups in total. The fraction of sp³-hybridized carbons (Fsp3) is 1.00. The van der Waals surface area contributed by atoms with E-state index in [1.54, 1.807) is 0 Å². The van der Waals surface area contributed by atoms with Gasteiger partial charge in [0.2, 0.25) is 0 Å². The second-order valence-electron chi connectivity index (χ2n) is 3.21. The van der Waals surface area contributed by atoms with Crippen molar-refractivity contribution in [1.82, 2.24) is 4.90 Å². The minimum Gasteiger partial charge on any atom is -0.300 e. The molecule has 1 heterocycles. The Kier molecular flexibility index (Phi) is 4.04. The smallest absolute Gasteiger partial charge is 0.0351 e. The summed E-state index contributed by atoms with van der Waals surface area (Å²) in [5.41, 5.74) is 0. The molecule has 2 unspecified atom stereocenters. The normalized spacial score (nSPS) is 34.1. The van der Waals surface area contributed by atoms with Crippen LogP contribution in [0.5, 0.6) is 0 Å². The molecule has 1 nitrogen and oxygen atoms in total. The second kappa shape index (κ2) is 4.58. The van der Waals surface area contributed by atoms with Gasteiger partial charge in [0, 0.05) is 36.0 Å². The fourth-order valence-electron chi connectivity index (χ4n) is 1.59. The molecule has 1 aliphatic rings. The van der Waals surface area contributed by atoms with E-state index in [2.05, 4.69) is 30.5 Å². The minimum atomic E-state index is 0.768. The first-order chi connectivity index (χ1) is 5.22. The summed E-state index contributed by atoms with van der Waals surface area (Å²) in [4.78, 5) is 2.46. The summed E-state index contributed by atoms with van der Waals surface area (Å²) < 4.78 is 0. The number of rotatable bonds is 2. The molecule has 1 rings (SSSR count). The zero-order valence-corrected chi connectivity index (χ0v) is 8.79. The van der Waals surface area contributed by atoms with Gasteiger partial charge in [0.1, 0.15) is 0 Å². The van der Waals surface area contributed by atoms with Crippen LogP contribution in [0.1, 0.15) is 13.8 Å². The lowest BCUT2D eigenvalue weighted by atomic mass is 10.3. The molecule has 0 amide bonds. The standard InChI is InChI=1S/C8H16ClNS/c1-7-5-10(4-3-9)6-8(2)11-7/h7-8H,3-6H2,1-2H3. The van der Waals surface area contributed by atoms with Crippen LogP contribution in [0, 0.1) is 0 Å². The van der Waals surface area contributed by atoms with E-state index in [1.165, 1.54) is 13.1 Å². The van der Waals surface area contributed by atoms with Crippen LogP contribution in [-0.4, -0.2) is 40.9 Å². The number of hydrogen-bond donors (Lipinski definition) is 0. The molecular weight excluding hydrogens is 178 g/mol. The lowest BCUT2D eigenvalue weighted by molar-refractivity contribution is 0.287. The largest absolute Gasteiger partial charge is 0.300 e. The Morgan fingerprint density at radius 2 is 1.91 bits per heavy atom. The van der Waals surface area contributed by atoms with Crippen molar-refractivity contribution in [3.8, 4) is 0 Å². The van der Waals surface area contributed by atoms with E-state index in [9.17, 15) is 0 Å². The Morgan fingerprint density at radius 1 is 1.36 bits per heavy atom. The average molecular weight is 194 g/mol. The molecule has 0 spiro atoms. The molecule has 0 saturated carbocycles. The first-order valence-electron chi connectivity index (χ1n) is 4.16. The summed E-state index contributed by atoms with van der Waals surface area (Å²) in [6.45, 7) is 8.06. The Hall–Kier alpha value is 0.600. The lowest BCUT2D eigenvalue weighted by Crippen LogP contribution is -2.41. The van der Waals surface area contributed by atoms with E-state index in [0.29, 0.717) is 0 Å². The van der Waals surface area contributed by atoms with Crippen molar-refractivity contribution in [3.05, 3.63) is 0 Å². The Labute approximate surface area is 78.5 Å². The van der Waals surface area contributed by atoms with Gasteiger partial charge in [-0.25, -0.2) is 0 Å². The summed E-state index contributed by atoms with van der Waals surface area (Å²) in [6, 6.07) is 0. The highest BCUT2D eigenvalue weighted by Crippen LogP contribution is 2.24. The van der Waals surface area contributed by atoms with E-state index in [4.69, 9.17) is 11.6 Å². The number of halogens is 1. The molecule has 0 radical (unpaired) electrons. The van der Waals surface area contributed by atoms with Crippen LogP contribution in [-0.2, 0) is 0 Å². The van der Waals surface area contributed by atoms with Gasteiger partial charge in [-0.1, -0.05) is 13.8 Å². The third-order valence-electron chi connectivity index (χ3n) is 1.90. The first-order valence-corrected chi connectivity index (χ1v) is 5.64. The molecule has 1 aliphatic heterocycles. The molecule has 0 aromatic heterocycles.